The Hall–Kier alpha value is -1.98. The summed E-state index contributed by atoms with van der Waals surface area (Å²) < 4.78 is 9.91. The highest BCUT2D eigenvalue weighted by molar-refractivity contribution is 5.82. The Morgan fingerprint density at radius 1 is 1.53 bits per heavy atom. The first-order valence-corrected chi connectivity index (χ1v) is 5.46. The van der Waals surface area contributed by atoms with E-state index in [-0.39, 0.29) is 12.5 Å². The molecule has 2 heterocycles. The summed E-state index contributed by atoms with van der Waals surface area (Å²) in [5, 5.41) is 2.67. The standard InChI is InChI=1S/C11H14N2O4/c14-10(12-7-9-3-1-5-16-9)8-13-4-2-6-17-11(13)15/h1,3,5H,2,4,6-8H2,(H,12,14). The van der Waals surface area contributed by atoms with Crippen molar-refractivity contribution in [1.29, 1.82) is 0 Å². The van der Waals surface area contributed by atoms with Crippen LogP contribution in [0.2, 0.25) is 0 Å². The molecule has 1 aromatic rings. The summed E-state index contributed by atoms with van der Waals surface area (Å²) in [4.78, 5) is 24.2. The van der Waals surface area contributed by atoms with E-state index in [0.717, 1.165) is 6.42 Å². The van der Waals surface area contributed by atoms with Crippen molar-refractivity contribution in [1.82, 2.24) is 10.2 Å². The van der Waals surface area contributed by atoms with Crippen LogP contribution in [-0.4, -0.2) is 36.6 Å². The fourth-order valence-corrected chi connectivity index (χ4v) is 1.57. The van der Waals surface area contributed by atoms with E-state index in [4.69, 9.17) is 9.15 Å². The zero-order valence-electron chi connectivity index (χ0n) is 9.35. The number of nitrogens with one attached hydrogen (secondary N) is 1. The monoisotopic (exact) mass is 238 g/mol. The number of ether oxygens (including phenoxy) is 1. The molecule has 1 aliphatic heterocycles. The van der Waals surface area contributed by atoms with Gasteiger partial charge in [0, 0.05) is 6.54 Å². The second kappa shape index (κ2) is 5.38. The molecule has 6 heteroatoms. The Kier molecular flexibility index (Phi) is 3.64. The number of carbonyl (C=O) groups is 2. The van der Waals surface area contributed by atoms with Gasteiger partial charge in [-0.2, -0.15) is 0 Å². The first kappa shape index (κ1) is 11.5. The maximum absolute atomic E-state index is 11.5. The summed E-state index contributed by atoms with van der Waals surface area (Å²) in [7, 11) is 0. The van der Waals surface area contributed by atoms with Crippen LogP contribution in [0.15, 0.2) is 22.8 Å². The number of rotatable bonds is 4. The van der Waals surface area contributed by atoms with Crippen LogP contribution in [0.3, 0.4) is 0 Å². The zero-order chi connectivity index (χ0) is 12.1. The van der Waals surface area contributed by atoms with E-state index in [1.807, 2.05) is 0 Å². The van der Waals surface area contributed by atoms with Crippen LogP contribution in [0.5, 0.6) is 0 Å². The van der Waals surface area contributed by atoms with Gasteiger partial charge in [-0.15, -0.1) is 0 Å². The molecule has 0 spiro atoms. The summed E-state index contributed by atoms with van der Waals surface area (Å²) in [5.41, 5.74) is 0. The molecule has 0 unspecified atom stereocenters. The number of nitrogens with zero attached hydrogens (tertiary/aromatic N) is 1. The van der Waals surface area contributed by atoms with Gasteiger partial charge in [0.15, 0.2) is 0 Å². The van der Waals surface area contributed by atoms with Crippen molar-refractivity contribution in [3.05, 3.63) is 24.2 Å². The molecule has 1 aliphatic rings. The molecule has 6 nitrogen and oxygen atoms in total. The van der Waals surface area contributed by atoms with Gasteiger partial charge in [-0.1, -0.05) is 0 Å². The van der Waals surface area contributed by atoms with Gasteiger partial charge < -0.3 is 14.5 Å². The molecular weight excluding hydrogens is 224 g/mol. The Morgan fingerprint density at radius 3 is 3.12 bits per heavy atom. The first-order valence-electron chi connectivity index (χ1n) is 5.46. The van der Waals surface area contributed by atoms with Crippen LogP contribution in [0.4, 0.5) is 4.79 Å². The summed E-state index contributed by atoms with van der Waals surface area (Å²) in [6.45, 7) is 1.35. The molecule has 2 amide bonds. The highest BCUT2D eigenvalue weighted by atomic mass is 16.6. The summed E-state index contributed by atoms with van der Waals surface area (Å²) in [5.74, 6) is 0.458. The van der Waals surface area contributed by atoms with Gasteiger partial charge in [-0.3, -0.25) is 9.69 Å². The molecule has 0 saturated carbocycles. The number of furan rings is 1. The van der Waals surface area contributed by atoms with E-state index in [1.165, 1.54) is 4.90 Å². The summed E-state index contributed by atoms with van der Waals surface area (Å²) in [6, 6.07) is 3.53. The second-order valence-electron chi connectivity index (χ2n) is 3.75. The molecule has 1 fully saturated rings. The quantitative estimate of drug-likeness (QED) is 0.839. The molecule has 1 aromatic heterocycles. The maximum atomic E-state index is 11.5. The largest absolute Gasteiger partial charge is 0.467 e. The van der Waals surface area contributed by atoms with Crippen LogP contribution in [0.25, 0.3) is 0 Å². The van der Waals surface area contributed by atoms with Crippen molar-refractivity contribution >= 4 is 12.0 Å². The van der Waals surface area contributed by atoms with E-state index in [2.05, 4.69) is 5.32 Å². The topological polar surface area (TPSA) is 71.8 Å². The van der Waals surface area contributed by atoms with Crippen molar-refractivity contribution in [2.45, 2.75) is 13.0 Å². The van der Waals surface area contributed by atoms with E-state index in [9.17, 15) is 9.59 Å². The van der Waals surface area contributed by atoms with Crippen LogP contribution >= 0.6 is 0 Å². The lowest BCUT2D eigenvalue weighted by molar-refractivity contribution is -0.122. The van der Waals surface area contributed by atoms with Gasteiger partial charge in [0.25, 0.3) is 0 Å². The van der Waals surface area contributed by atoms with Crippen LogP contribution < -0.4 is 5.32 Å². The minimum Gasteiger partial charge on any atom is -0.467 e. The molecule has 2 rings (SSSR count). The summed E-state index contributed by atoms with van der Waals surface area (Å²) in [6.07, 6.45) is 1.88. The molecule has 0 bridgehead atoms. The minimum absolute atomic E-state index is 0.0273. The Morgan fingerprint density at radius 2 is 2.41 bits per heavy atom. The SMILES string of the molecule is O=C(CN1CCCOC1=O)NCc1ccco1. The maximum Gasteiger partial charge on any atom is 0.410 e. The molecule has 1 N–H and O–H groups in total. The third-order valence-electron chi connectivity index (χ3n) is 2.43. The normalized spacial score (nSPS) is 15.5. The average Bonchev–Trinajstić information content (AvgIpc) is 2.82. The lowest BCUT2D eigenvalue weighted by atomic mass is 10.3. The second-order valence-corrected chi connectivity index (χ2v) is 3.75. The van der Waals surface area contributed by atoms with Crippen molar-refractivity contribution in [3.8, 4) is 0 Å². The molecule has 0 radical (unpaired) electrons. The van der Waals surface area contributed by atoms with Crippen LogP contribution in [-0.2, 0) is 16.1 Å². The van der Waals surface area contributed by atoms with Gasteiger partial charge in [0.1, 0.15) is 12.3 Å². The third kappa shape index (κ3) is 3.24. The number of cyclic esters (lactones) is 1. The fourth-order valence-electron chi connectivity index (χ4n) is 1.57. The number of hydrogen-bond acceptors (Lipinski definition) is 4. The van der Waals surface area contributed by atoms with Crippen molar-refractivity contribution in [3.63, 3.8) is 0 Å². The third-order valence-corrected chi connectivity index (χ3v) is 2.43. The molecular formula is C11H14N2O4. The van der Waals surface area contributed by atoms with Gasteiger partial charge in [0.2, 0.25) is 5.91 Å². The number of hydrogen-bond donors (Lipinski definition) is 1. The molecule has 92 valence electrons. The number of amides is 2. The average molecular weight is 238 g/mol. The van der Waals surface area contributed by atoms with E-state index in [1.54, 1.807) is 18.4 Å². The van der Waals surface area contributed by atoms with Crippen molar-refractivity contribution in [2.75, 3.05) is 19.7 Å². The van der Waals surface area contributed by atoms with Crippen molar-refractivity contribution in [2.24, 2.45) is 0 Å². The molecule has 17 heavy (non-hydrogen) atoms. The van der Waals surface area contributed by atoms with E-state index in [0.29, 0.717) is 25.5 Å². The molecule has 1 saturated heterocycles. The van der Waals surface area contributed by atoms with E-state index >= 15 is 0 Å². The molecule has 0 atom stereocenters. The molecule has 0 aliphatic carbocycles. The predicted molar refractivity (Wildman–Crippen MR) is 58.1 cm³/mol. The van der Waals surface area contributed by atoms with Gasteiger partial charge in [-0.05, 0) is 18.6 Å². The lowest BCUT2D eigenvalue weighted by Gasteiger charge is -2.25. The Bertz CT molecular complexity index is 388. The smallest absolute Gasteiger partial charge is 0.410 e. The van der Waals surface area contributed by atoms with E-state index < -0.39 is 6.09 Å². The Labute approximate surface area is 98.5 Å². The van der Waals surface area contributed by atoms with Gasteiger partial charge in [-0.25, -0.2) is 4.79 Å². The number of carbonyl (C=O) groups excluding carboxylic acids is 2. The Balaban J connectivity index is 1.75. The van der Waals surface area contributed by atoms with Gasteiger partial charge in [0.05, 0.1) is 19.4 Å². The highest BCUT2D eigenvalue weighted by Gasteiger charge is 2.21. The minimum atomic E-state index is -0.426. The van der Waals surface area contributed by atoms with Crippen molar-refractivity contribution < 1.29 is 18.7 Å². The highest BCUT2D eigenvalue weighted by Crippen LogP contribution is 2.04. The lowest BCUT2D eigenvalue weighted by Crippen LogP contribution is -2.44. The van der Waals surface area contributed by atoms with Gasteiger partial charge >= 0.3 is 6.09 Å². The molecule has 0 aromatic carbocycles. The summed E-state index contributed by atoms with van der Waals surface area (Å²) >= 11 is 0. The first-order chi connectivity index (χ1) is 8.25. The zero-order valence-corrected chi connectivity index (χ0v) is 9.35. The van der Waals surface area contributed by atoms with Crippen LogP contribution in [0, 0.1) is 0 Å². The fraction of sp³-hybridized carbons (Fsp3) is 0.455. The van der Waals surface area contributed by atoms with Crippen LogP contribution in [0.1, 0.15) is 12.2 Å². The predicted octanol–water partition coefficient (Wildman–Crippen LogP) is 0.738.